The molecule has 0 heterocycles. The van der Waals surface area contributed by atoms with Gasteiger partial charge in [0.1, 0.15) is 0 Å². The predicted octanol–water partition coefficient (Wildman–Crippen LogP) is 3.39. The summed E-state index contributed by atoms with van der Waals surface area (Å²) in [6, 6.07) is 0. The Morgan fingerprint density at radius 1 is 1.15 bits per heavy atom. The van der Waals surface area contributed by atoms with E-state index in [2.05, 4.69) is 40.7 Å². The molecule has 1 heteroatoms. The van der Waals surface area contributed by atoms with Gasteiger partial charge in [-0.3, -0.25) is 0 Å². The van der Waals surface area contributed by atoms with Crippen molar-refractivity contribution in [3.05, 3.63) is 11.6 Å². The first-order chi connectivity index (χ1) is 5.93. The number of aliphatic hydroxyl groups excluding tert-OH is 1. The van der Waals surface area contributed by atoms with Crippen molar-refractivity contribution >= 4 is 0 Å². The largest absolute Gasteiger partial charge is 0.393 e. The van der Waals surface area contributed by atoms with Crippen LogP contribution in [0.5, 0.6) is 0 Å². The molecule has 0 aromatic carbocycles. The van der Waals surface area contributed by atoms with Crippen molar-refractivity contribution < 1.29 is 5.11 Å². The summed E-state index contributed by atoms with van der Waals surface area (Å²) >= 11 is 0. The minimum atomic E-state index is -0.131. The molecule has 0 amide bonds. The van der Waals surface area contributed by atoms with E-state index in [1.54, 1.807) is 0 Å². The zero-order valence-corrected chi connectivity index (χ0v) is 9.67. The van der Waals surface area contributed by atoms with Crippen molar-refractivity contribution in [2.24, 2.45) is 11.8 Å². The van der Waals surface area contributed by atoms with Crippen molar-refractivity contribution in [1.29, 1.82) is 0 Å². The maximum Gasteiger partial charge on any atom is 0.0563 e. The Hall–Kier alpha value is -0.300. The van der Waals surface area contributed by atoms with Gasteiger partial charge >= 0.3 is 0 Å². The molecule has 1 N–H and O–H groups in total. The molecule has 0 aliphatic rings. The van der Waals surface area contributed by atoms with Gasteiger partial charge in [0.05, 0.1) is 6.10 Å². The number of rotatable bonds is 5. The van der Waals surface area contributed by atoms with Gasteiger partial charge in [0.2, 0.25) is 0 Å². The first-order valence-corrected chi connectivity index (χ1v) is 5.26. The highest BCUT2D eigenvalue weighted by molar-refractivity contribution is 4.96. The van der Waals surface area contributed by atoms with Crippen molar-refractivity contribution in [3.63, 3.8) is 0 Å². The highest BCUT2D eigenvalue weighted by Crippen LogP contribution is 2.15. The quantitative estimate of drug-likeness (QED) is 0.649. The second-order valence-electron chi connectivity index (χ2n) is 4.61. The fourth-order valence-electron chi connectivity index (χ4n) is 1.42. The zero-order chi connectivity index (χ0) is 10.4. The summed E-state index contributed by atoms with van der Waals surface area (Å²) in [6.45, 7) is 10.6. The SMILES string of the molecule is CC(C)=CC(C)CCC(O)C(C)C. The Kier molecular flexibility index (Phi) is 6.06. The van der Waals surface area contributed by atoms with Crippen LogP contribution in [0.2, 0.25) is 0 Å². The minimum absolute atomic E-state index is 0.131. The third kappa shape index (κ3) is 6.83. The molecule has 1 nitrogen and oxygen atoms in total. The monoisotopic (exact) mass is 184 g/mol. The summed E-state index contributed by atoms with van der Waals surface area (Å²) in [4.78, 5) is 0. The van der Waals surface area contributed by atoms with Gasteiger partial charge in [-0.25, -0.2) is 0 Å². The van der Waals surface area contributed by atoms with E-state index in [1.165, 1.54) is 5.57 Å². The molecule has 0 bridgehead atoms. The van der Waals surface area contributed by atoms with Crippen molar-refractivity contribution in [2.75, 3.05) is 0 Å². The van der Waals surface area contributed by atoms with Gasteiger partial charge in [-0.2, -0.15) is 0 Å². The standard InChI is InChI=1S/C12H24O/c1-9(2)8-11(5)6-7-12(13)10(3)4/h8,10-13H,6-7H2,1-5H3. The molecule has 0 rings (SSSR count). The highest BCUT2D eigenvalue weighted by atomic mass is 16.3. The lowest BCUT2D eigenvalue weighted by molar-refractivity contribution is 0.111. The Bertz CT molecular complexity index is 155. The van der Waals surface area contributed by atoms with Gasteiger partial charge in [0, 0.05) is 0 Å². The van der Waals surface area contributed by atoms with E-state index in [0.29, 0.717) is 11.8 Å². The molecule has 78 valence electrons. The van der Waals surface area contributed by atoms with E-state index < -0.39 is 0 Å². The molecule has 0 aromatic heterocycles. The van der Waals surface area contributed by atoms with Crippen LogP contribution < -0.4 is 0 Å². The Labute approximate surface area is 82.9 Å². The van der Waals surface area contributed by atoms with E-state index in [-0.39, 0.29) is 6.10 Å². The number of allylic oxidation sites excluding steroid dienone is 2. The Balaban J connectivity index is 3.70. The van der Waals surface area contributed by atoms with Crippen LogP contribution in [0.25, 0.3) is 0 Å². The van der Waals surface area contributed by atoms with E-state index in [4.69, 9.17) is 0 Å². The normalized spacial score (nSPS) is 15.6. The van der Waals surface area contributed by atoms with Crippen LogP contribution in [-0.4, -0.2) is 11.2 Å². The van der Waals surface area contributed by atoms with Gasteiger partial charge in [0.25, 0.3) is 0 Å². The molecular weight excluding hydrogens is 160 g/mol. The number of aliphatic hydroxyl groups is 1. The summed E-state index contributed by atoms with van der Waals surface area (Å²) in [6.07, 6.45) is 4.15. The second kappa shape index (κ2) is 6.20. The summed E-state index contributed by atoms with van der Waals surface area (Å²) in [5.41, 5.74) is 1.37. The lowest BCUT2D eigenvalue weighted by atomic mass is 9.96. The average Bonchev–Trinajstić information content (AvgIpc) is 1.98. The molecule has 0 aromatic rings. The lowest BCUT2D eigenvalue weighted by Crippen LogP contribution is -2.15. The lowest BCUT2D eigenvalue weighted by Gasteiger charge is -2.15. The van der Waals surface area contributed by atoms with Gasteiger partial charge in [0.15, 0.2) is 0 Å². The van der Waals surface area contributed by atoms with Gasteiger partial charge < -0.3 is 5.11 Å². The van der Waals surface area contributed by atoms with E-state index >= 15 is 0 Å². The summed E-state index contributed by atoms with van der Waals surface area (Å²) in [5, 5.41) is 9.59. The van der Waals surface area contributed by atoms with Crippen LogP contribution in [-0.2, 0) is 0 Å². The Morgan fingerprint density at radius 3 is 2.08 bits per heavy atom. The van der Waals surface area contributed by atoms with Crippen LogP contribution in [0.1, 0.15) is 47.5 Å². The number of hydrogen-bond acceptors (Lipinski definition) is 1. The van der Waals surface area contributed by atoms with Crippen molar-refractivity contribution in [2.45, 2.75) is 53.6 Å². The molecule has 0 aliphatic carbocycles. The van der Waals surface area contributed by atoms with Crippen LogP contribution in [0.15, 0.2) is 11.6 Å². The average molecular weight is 184 g/mol. The molecule has 0 spiro atoms. The number of hydrogen-bond donors (Lipinski definition) is 1. The van der Waals surface area contributed by atoms with Gasteiger partial charge in [-0.15, -0.1) is 0 Å². The third-order valence-electron chi connectivity index (χ3n) is 2.31. The molecule has 0 saturated carbocycles. The molecule has 0 fully saturated rings. The fourth-order valence-corrected chi connectivity index (χ4v) is 1.42. The second-order valence-corrected chi connectivity index (χ2v) is 4.61. The molecular formula is C12H24O. The molecule has 0 radical (unpaired) electrons. The maximum absolute atomic E-state index is 9.59. The summed E-state index contributed by atoms with van der Waals surface area (Å²) in [7, 11) is 0. The molecule has 2 unspecified atom stereocenters. The van der Waals surface area contributed by atoms with Crippen LogP contribution >= 0.6 is 0 Å². The zero-order valence-electron chi connectivity index (χ0n) is 9.67. The first kappa shape index (κ1) is 12.7. The first-order valence-electron chi connectivity index (χ1n) is 5.26. The summed E-state index contributed by atoms with van der Waals surface area (Å²) in [5.74, 6) is 0.984. The van der Waals surface area contributed by atoms with Crippen LogP contribution in [0.4, 0.5) is 0 Å². The molecule has 13 heavy (non-hydrogen) atoms. The molecule has 0 aliphatic heterocycles. The third-order valence-corrected chi connectivity index (χ3v) is 2.31. The topological polar surface area (TPSA) is 20.2 Å². The van der Waals surface area contributed by atoms with E-state index in [1.807, 2.05) is 0 Å². The van der Waals surface area contributed by atoms with Gasteiger partial charge in [-0.1, -0.05) is 32.4 Å². The fraction of sp³-hybridized carbons (Fsp3) is 0.833. The highest BCUT2D eigenvalue weighted by Gasteiger charge is 2.09. The minimum Gasteiger partial charge on any atom is -0.393 e. The molecule has 2 atom stereocenters. The summed E-state index contributed by atoms with van der Waals surface area (Å²) < 4.78 is 0. The van der Waals surface area contributed by atoms with Crippen molar-refractivity contribution in [3.8, 4) is 0 Å². The van der Waals surface area contributed by atoms with Crippen LogP contribution in [0.3, 0.4) is 0 Å². The van der Waals surface area contributed by atoms with E-state index in [9.17, 15) is 5.11 Å². The van der Waals surface area contributed by atoms with Crippen LogP contribution in [0, 0.1) is 11.8 Å². The maximum atomic E-state index is 9.59. The predicted molar refractivity (Wildman–Crippen MR) is 58.7 cm³/mol. The molecule has 0 saturated heterocycles. The smallest absolute Gasteiger partial charge is 0.0563 e. The van der Waals surface area contributed by atoms with Gasteiger partial charge in [-0.05, 0) is 38.5 Å². The van der Waals surface area contributed by atoms with Crippen molar-refractivity contribution in [1.82, 2.24) is 0 Å². The van der Waals surface area contributed by atoms with E-state index in [0.717, 1.165) is 12.8 Å². The Morgan fingerprint density at radius 2 is 1.69 bits per heavy atom.